The molecule has 0 bridgehead atoms. The number of aliphatic hydroxyl groups is 2. The van der Waals surface area contributed by atoms with E-state index in [4.69, 9.17) is 10.2 Å². The highest BCUT2D eigenvalue weighted by Gasteiger charge is 1.99. The van der Waals surface area contributed by atoms with Crippen LogP contribution in [-0.4, -0.2) is 34.9 Å². The molecule has 0 heterocycles. The Kier molecular flexibility index (Phi) is 9.80. The fraction of sp³-hybridized carbons (Fsp3) is 0.500. The minimum absolute atomic E-state index is 0.167. The first-order valence-corrected chi connectivity index (χ1v) is 3.52. The van der Waals surface area contributed by atoms with Crippen LogP contribution >= 0.6 is 0 Å². The summed E-state index contributed by atoms with van der Waals surface area (Å²) in [5, 5.41) is 16.3. The Labute approximate surface area is 76.6 Å². The molecule has 0 atom stereocenters. The van der Waals surface area contributed by atoms with Crippen molar-refractivity contribution >= 4 is 11.8 Å². The monoisotopic (exact) mass is 190 g/mol. The van der Waals surface area contributed by atoms with Gasteiger partial charge in [-0.1, -0.05) is 6.58 Å². The Morgan fingerprint density at radius 3 is 2.08 bits per heavy atom. The van der Waals surface area contributed by atoms with Crippen molar-refractivity contribution in [2.24, 2.45) is 0 Å². The van der Waals surface area contributed by atoms with Gasteiger partial charge in [-0.25, -0.2) is 4.79 Å². The number of esters is 1. The van der Waals surface area contributed by atoms with Crippen LogP contribution in [0.25, 0.3) is 0 Å². The van der Waals surface area contributed by atoms with Crippen molar-refractivity contribution in [3.05, 3.63) is 12.7 Å². The number of hydrogen-bond acceptors (Lipinski definition) is 5. The molecule has 0 aromatic heterocycles. The van der Waals surface area contributed by atoms with Crippen LogP contribution in [0, 0.1) is 0 Å². The summed E-state index contributed by atoms with van der Waals surface area (Å²) < 4.78 is 4.20. The SMILES string of the molecule is C=CC(=O)OCC(O)O.CC(C)=O. The van der Waals surface area contributed by atoms with E-state index in [1.54, 1.807) is 0 Å². The summed E-state index contributed by atoms with van der Waals surface area (Å²) in [5.74, 6) is -0.497. The van der Waals surface area contributed by atoms with E-state index in [2.05, 4.69) is 11.3 Å². The smallest absolute Gasteiger partial charge is 0.330 e. The summed E-state index contributed by atoms with van der Waals surface area (Å²) in [4.78, 5) is 19.6. The van der Waals surface area contributed by atoms with Crippen LogP contribution in [0.15, 0.2) is 12.7 Å². The molecule has 0 unspecified atom stereocenters. The molecule has 0 fully saturated rings. The second-order valence-electron chi connectivity index (χ2n) is 2.22. The Hall–Kier alpha value is -1.20. The first-order chi connectivity index (χ1) is 5.90. The Morgan fingerprint density at radius 2 is 1.85 bits per heavy atom. The van der Waals surface area contributed by atoms with E-state index in [0.717, 1.165) is 6.08 Å². The lowest BCUT2D eigenvalue weighted by molar-refractivity contribution is -0.150. The van der Waals surface area contributed by atoms with E-state index in [-0.39, 0.29) is 5.78 Å². The molecule has 0 aliphatic rings. The van der Waals surface area contributed by atoms with E-state index in [9.17, 15) is 9.59 Å². The van der Waals surface area contributed by atoms with Gasteiger partial charge < -0.3 is 19.7 Å². The normalized spacial score (nSPS) is 8.38. The Morgan fingerprint density at radius 1 is 1.46 bits per heavy atom. The third-order valence-electron chi connectivity index (χ3n) is 0.541. The van der Waals surface area contributed by atoms with Gasteiger partial charge in [0.15, 0.2) is 6.29 Å². The molecule has 0 saturated heterocycles. The third kappa shape index (κ3) is 24.9. The quantitative estimate of drug-likeness (QED) is 0.360. The molecule has 0 amide bonds. The van der Waals surface area contributed by atoms with E-state index in [1.165, 1.54) is 13.8 Å². The minimum Gasteiger partial charge on any atom is -0.457 e. The molecule has 76 valence electrons. The third-order valence-corrected chi connectivity index (χ3v) is 0.541. The summed E-state index contributed by atoms with van der Waals surface area (Å²) in [5.41, 5.74) is 0. The van der Waals surface area contributed by atoms with Crippen molar-refractivity contribution in [2.75, 3.05) is 6.61 Å². The second-order valence-corrected chi connectivity index (χ2v) is 2.22. The van der Waals surface area contributed by atoms with Crippen molar-refractivity contribution in [1.82, 2.24) is 0 Å². The highest BCUT2D eigenvalue weighted by molar-refractivity contribution is 5.81. The number of Topliss-reactive ketones (excluding diaryl/α,β-unsaturated/α-hetero) is 1. The van der Waals surface area contributed by atoms with Gasteiger partial charge in [0.05, 0.1) is 0 Å². The van der Waals surface area contributed by atoms with Crippen LogP contribution in [0.4, 0.5) is 0 Å². The van der Waals surface area contributed by atoms with Crippen LogP contribution in [0.3, 0.4) is 0 Å². The predicted molar refractivity (Wildman–Crippen MR) is 45.7 cm³/mol. The fourth-order valence-corrected chi connectivity index (χ4v) is 0.216. The predicted octanol–water partition coefficient (Wildman–Crippen LogP) is -0.378. The first kappa shape index (κ1) is 14.3. The molecule has 0 aromatic carbocycles. The zero-order valence-corrected chi connectivity index (χ0v) is 7.69. The number of ketones is 1. The highest BCUT2D eigenvalue weighted by Crippen LogP contribution is 1.81. The first-order valence-electron chi connectivity index (χ1n) is 3.52. The lowest BCUT2D eigenvalue weighted by Gasteiger charge is -2.01. The van der Waals surface area contributed by atoms with Gasteiger partial charge in [0.25, 0.3) is 0 Å². The zero-order chi connectivity index (χ0) is 10.9. The number of hydrogen-bond donors (Lipinski definition) is 2. The van der Waals surface area contributed by atoms with Crippen LogP contribution in [-0.2, 0) is 14.3 Å². The lowest BCUT2D eigenvalue weighted by atomic mass is 10.6. The molecule has 0 saturated carbocycles. The molecular weight excluding hydrogens is 176 g/mol. The highest BCUT2D eigenvalue weighted by atomic mass is 16.6. The van der Waals surface area contributed by atoms with Gasteiger partial charge >= 0.3 is 5.97 Å². The van der Waals surface area contributed by atoms with Crippen molar-refractivity contribution < 1.29 is 24.5 Å². The Balaban J connectivity index is 0. The number of ether oxygens (including phenoxy) is 1. The van der Waals surface area contributed by atoms with Gasteiger partial charge in [-0.05, 0) is 13.8 Å². The zero-order valence-electron chi connectivity index (χ0n) is 7.69. The topological polar surface area (TPSA) is 83.8 Å². The summed E-state index contributed by atoms with van der Waals surface area (Å²) >= 11 is 0. The van der Waals surface area contributed by atoms with Crippen molar-refractivity contribution in [3.8, 4) is 0 Å². The van der Waals surface area contributed by atoms with E-state index < -0.39 is 18.9 Å². The maximum Gasteiger partial charge on any atom is 0.330 e. The average molecular weight is 190 g/mol. The molecule has 0 aromatic rings. The van der Waals surface area contributed by atoms with Gasteiger partial charge in [0, 0.05) is 6.08 Å². The average Bonchev–Trinajstić information content (AvgIpc) is 1.99. The van der Waals surface area contributed by atoms with Crippen molar-refractivity contribution in [2.45, 2.75) is 20.1 Å². The molecular formula is C8H14O5. The molecule has 0 aliphatic carbocycles. The maximum absolute atomic E-state index is 10.2. The van der Waals surface area contributed by atoms with Gasteiger partial charge in [-0.15, -0.1) is 0 Å². The fourth-order valence-electron chi connectivity index (χ4n) is 0.216. The van der Waals surface area contributed by atoms with Crippen LogP contribution < -0.4 is 0 Å². The van der Waals surface area contributed by atoms with Crippen LogP contribution in [0.1, 0.15) is 13.8 Å². The number of carbonyl (C=O) groups excluding carboxylic acids is 2. The van der Waals surface area contributed by atoms with Crippen molar-refractivity contribution in [3.63, 3.8) is 0 Å². The molecule has 5 heteroatoms. The van der Waals surface area contributed by atoms with E-state index >= 15 is 0 Å². The lowest BCUT2D eigenvalue weighted by Crippen LogP contribution is -2.16. The van der Waals surface area contributed by atoms with Crippen LogP contribution in [0.2, 0.25) is 0 Å². The maximum atomic E-state index is 10.2. The number of aliphatic hydroxyl groups excluding tert-OH is 1. The summed E-state index contributed by atoms with van der Waals surface area (Å²) in [6.45, 7) is 5.74. The molecule has 0 spiro atoms. The summed E-state index contributed by atoms with van der Waals surface area (Å²) in [7, 11) is 0. The largest absolute Gasteiger partial charge is 0.457 e. The summed E-state index contributed by atoms with van der Waals surface area (Å²) in [6, 6.07) is 0. The Bertz CT molecular complexity index is 169. The van der Waals surface area contributed by atoms with E-state index in [0.29, 0.717) is 0 Å². The second kappa shape index (κ2) is 8.89. The minimum atomic E-state index is -1.60. The standard InChI is InChI=1S/C5H8O4.C3H6O/c1-2-5(8)9-3-4(6)7;1-3(2)4/h2,4,6-7H,1,3H2;1-2H3. The molecule has 2 N–H and O–H groups in total. The van der Waals surface area contributed by atoms with Gasteiger partial charge in [-0.2, -0.15) is 0 Å². The van der Waals surface area contributed by atoms with E-state index in [1.807, 2.05) is 0 Å². The van der Waals surface area contributed by atoms with Gasteiger partial charge in [0.2, 0.25) is 0 Å². The molecule has 0 aliphatic heterocycles. The van der Waals surface area contributed by atoms with Crippen LogP contribution in [0.5, 0.6) is 0 Å². The molecule has 5 nitrogen and oxygen atoms in total. The number of carbonyl (C=O) groups is 2. The molecule has 0 radical (unpaired) electrons. The number of rotatable bonds is 3. The molecule has 0 rings (SSSR count). The van der Waals surface area contributed by atoms with Gasteiger partial charge in [-0.3, -0.25) is 0 Å². The van der Waals surface area contributed by atoms with Gasteiger partial charge in [0.1, 0.15) is 12.4 Å². The molecule has 13 heavy (non-hydrogen) atoms. The summed E-state index contributed by atoms with van der Waals surface area (Å²) in [6.07, 6.45) is -0.656. The van der Waals surface area contributed by atoms with Crippen molar-refractivity contribution in [1.29, 1.82) is 0 Å².